The highest BCUT2D eigenvalue weighted by Crippen LogP contribution is 2.29. The summed E-state index contributed by atoms with van der Waals surface area (Å²) in [7, 11) is 0. The summed E-state index contributed by atoms with van der Waals surface area (Å²) in [5.41, 5.74) is 4.29. The van der Waals surface area contributed by atoms with Crippen LogP contribution in [-0.4, -0.2) is 27.1 Å². The molecule has 21 heavy (non-hydrogen) atoms. The maximum absolute atomic E-state index is 6.31. The van der Waals surface area contributed by atoms with E-state index in [1.807, 2.05) is 6.92 Å². The standard InChI is InChI=1S/C16H27ClN4/c1-10-8-7-9-11(2)21(10)20-14-12(3)13(17)18-15(19-14)16(4,5)6/h10-11H,7-9H2,1-6H3,(H,18,19,20). The Balaban J connectivity index is 2.32. The van der Waals surface area contributed by atoms with Crippen LogP contribution in [-0.2, 0) is 5.41 Å². The highest BCUT2D eigenvalue weighted by atomic mass is 35.5. The van der Waals surface area contributed by atoms with Gasteiger partial charge in [0.25, 0.3) is 0 Å². The molecule has 1 aromatic rings. The molecular weight excluding hydrogens is 284 g/mol. The molecule has 0 aromatic carbocycles. The van der Waals surface area contributed by atoms with Gasteiger partial charge in [0.1, 0.15) is 16.8 Å². The summed E-state index contributed by atoms with van der Waals surface area (Å²) in [6, 6.07) is 1.000. The number of hydrogen-bond donors (Lipinski definition) is 1. The van der Waals surface area contributed by atoms with Crippen molar-refractivity contribution in [3.05, 3.63) is 16.5 Å². The van der Waals surface area contributed by atoms with Crippen LogP contribution < -0.4 is 5.43 Å². The number of hydrogen-bond acceptors (Lipinski definition) is 4. The van der Waals surface area contributed by atoms with Gasteiger partial charge >= 0.3 is 0 Å². The van der Waals surface area contributed by atoms with Crippen molar-refractivity contribution >= 4 is 17.4 Å². The van der Waals surface area contributed by atoms with Crippen LogP contribution in [0.5, 0.6) is 0 Å². The molecule has 0 radical (unpaired) electrons. The molecule has 0 spiro atoms. The minimum absolute atomic E-state index is 0.118. The van der Waals surface area contributed by atoms with E-state index in [2.05, 4.69) is 50.0 Å². The molecule has 0 saturated carbocycles. The second-order valence-electron chi connectivity index (χ2n) is 7.21. The molecule has 1 aliphatic heterocycles. The van der Waals surface area contributed by atoms with Gasteiger partial charge in [-0.2, -0.15) is 0 Å². The first-order chi connectivity index (χ1) is 9.70. The van der Waals surface area contributed by atoms with Gasteiger partial charge in [-0.1, -0.05) is 38.8 Å². The molecule has 2 heterocycles. The zero-order valence-corrected chi connectivity index (χ0v) is 14.8. The lowest BCUT2D eigenvalue weighted by Crippen LogP contribution is -2.47. The lowest BCUT2D eigenvalue weighted by molar-refractivity contribution is 0.135. The molecule has 0 aliphatic carbocycles. The highest BCUT2D eigenvalue weighted by molar-refractivity contribution is 6.30. The molecule has 2 unspecified atom stereocenters. The van der Waals surface area contributed by atoms with E-state index in [0.717, 1.165) is 17.2 Å². The van der Waals surface area contributed by atoms with Gasteiger partial charge in [-0.3, -0.25) is 0 Å². The van der Waals surface area contributed by atoms with E-state index in [4.69, 9.17) is 16.6 Å². The number of rotatable bonds is 2. The van der Waals surface area contributed by atoms with E-state index in [9.17, 15) is 0 Å². The van der Waals surface area contributed by atoms with Gasteiger partial charge in [-0.15, -0.1) is 0 Å². The fraction of sp³-hybridized carbons (Fsp3) is 0.750. The van der Waals surface area contributed by atoms with Crippen LogP contribution in [0.1, 0.15) is 65.3 Å². The number of hydrazine groups is 1. The van der Waals surface area contributed by atoms with Gasteiger partial charge < -0.3 is 5.43 Å². The van der Waals surface area contributed by atoms with Gasteiger partial charge in [0, 0.05) is 23.1 Å². The molecule has 1 aromatic heterocycles. The number of halogens is 1. The minimum atomic E-state index is -0.118. The average molecular weight is 311 g/mol. The van der Waals surface area contributed by atoms with Crippen LogP contribution in [0.15, 0.2) is 0 Å². The van der Waals surface area contributed by atoms with E-state index < -0.39 is 0 Å². The molecule has 1 saturated heterocycles. The maximum atomic E-state index is 6.31. The van der Waals surface area contributed by atoms with Gasteiger partial charge in [0.15, 0.2) is 0 Å². The Morgan fingerprint density at radius 3 is 2.24 bits per heavy atom. The first-order valence-corrected chi connectivity index (χ1v) is 8.17. The second-order valence-corrected chi connectivity index (χ2v) is 7.57. The van der Waals surface area contributed by atoms with Crippen LogP contribution in [0.2, 0.25) is 5.15 Å². The Labute approximate surface area is 133 Å². The van der Waals surface area contributed by atoms with E-state index in [0.29, 0.717) is 17.2 Å². The van der Waals surface area contributed by atoms with Crippen LogP contribution in [0.25, 0.3) is 0 Å². The SMILES string of the molecule is Cc1c(Cl)nc(C(C)(C)C)nc1NN1C(C)CCCC1C. The fourth-order valence-corrected chi connectivity index (χ4v) is 2.87. The quantitative estimate of drug-likeness (QED) is 0.826. The van der Waals surface area contributed by atoms with Crippen LogP contribution in [0, 0.1) is 6.92 Å². The van der Waals surface area contributed by atoms with Crippen molar-refractivity contribution in [2.45, 2.75) is 78.3 Å². The minimum Gasteiger partial charge on any atom is -0.302 e. The fourth-order valence-electron chi connectivity index (χ4n) is 2.70. The summed E-state index contributed by atoms with van der Waals surface area (Å²) >= 11 is 6.31. The Morgan fingerprint density at radius 2 is 1.71 bits per heavy atom. The number of nitrogens with one attached hydrogen (secondary N) is 1. The van der Waals surface area contributed by atoms with Crippen LogP contribution in [0.4, 0.5) is 5.82 Å². The summed E-state index contributed by atoms with van der Waals surface area (Å²) in [5, 5.41) is 2.84. The normalized spacial score (nSPS) is 24.1. The van der Waals surface area contributed by atoms with Crippen LogP contribution in [0.3, 0.4) is 0 Å². The summed E-state index contributed by atoms with van der Waals surface area (Å²) < 4.78 is 0. The van der Waals surface area contributed by atoms with Crippen molar-refractivity contribution in [1.29, 1.82) is 0 Å². The summed E-state index contributed by atoms with van der Waals surface area (Å²) in [6.07, 6.45) is 3.71. The van der Waals surface area contributed by atoms with Crippen LogP contribution >= 0.6 is 11.6 Å². The maximum Gasteiger partial charge on any atom is 0.148 e. The highest BCUT2D eigenvalue weighted by Gasteiger charge is 2.27. The first-order valence-electron chi connectivity index (χ1n) is 7.79. The van der Waals surface area contributed by atoms with Gasteiger partial charge in [0.2, 0.25) is 0 Å². The molecule has 2 atom stereocenters. The number of aromatic nitrogens is 2. The van der Waals surface area contributed by atoms with Crippen molar-refractivity contribution in [2.75, 3.05) is 5.43 Å². The van der Waals surface area contributed by atoms with E-state index in [1.54, 1.807) is 0 Å². The molecule has 2 rings (SSSR count). The Kier molecular flexibility index (Phi) is 4.79. The Hall–Kier alpha value is -0.870. The summed E-state index contributed by atoms with van der Waals surface area (Å²) in [4.78, 5) is 9.15. The van der Waals surface area contributed by atoms with Gasteiger partial charge in [-0.05, 0) is 33.6 Å². The van der Waals surface area contributed by atoms with E-state index in [1.165, 1.54) is 19.3 Å². The molecular formula is C16H27ClN4. The predicted octanol–water partition coefficient (Wildman–Crippen LogP) is 4.33. The lowest BCUT2D eigenvalue weighted by Gasteiger charge is -2.39. The molecule has 0 bridgehead atoms. The lowest BCUT2D eigenvalue weighted by atomic mass is 9.95. The van der Waals surface area contributed by atoms with Crippen molar-refractivity contribution in [1.82, 2.24) is 15.0 Å². The van der Waals surface area contributed by atoms with Gasteiger partial charge in [0.05, 0.1) is 0 Å². The third-order valence-corrected chi connectivity index (χ3v) is 4.55. The third kappa shape index (κ3) is 3.67. The molecule has 118 valence electrons. The first kappa shape index (κ1) is 16.5. The molecule has 1 aliphatic rings. The number of anilines is 1. The van der Waals surface area contributed by atoms with Crippen molar-refractivity contribution in [3.63, 3.8) is 0 Å². The monoisotopic (exact) mass is 310 g/mol. The van der Waals surface area contributed by atoms with E-state index >= 15 is 0 Å². The zero-order valence-electron chi connectivity index (χ0n) is 14.0. The summed E-state index contributed by atoms with van der Waals surface area (Å²) in [5.74, 6) is 1.61. The predicted molar refractivity (Wildman–Crippen MR) is 88.7 cm³/mol. The van der Waals surface area contributed by atoms with Crippen molar-refractivity contribution < 1.29 is 0 Å². The second kappa shape index (κ2) is 6.09. The number of nitrogens with zero attached hydrogens (tertiary/aromatic N) is 3. The number of piperidine rings is 1. The van der Waals surface area contributed by atoms with Gasteiger partial charge in [-0.25, -0.2) is 15.0 Å². The molecule has 1 N–H and O–H groups in total. The van der Waals surface area contributed by atoms with Crippen molar-refractivity contribution in [3.8, 4) is 0 Å². The average Bonchev–Trinajstić information content (AvgIpc) is 2.37. The summed E-state index contributed by atoms with van der Waals surface area (Å²) in [6.45, 7) is 12.8. The molecule has 4 nitrogen and oxygen atoms in total. The molecule has 0 amide bonds. The molecule has 1 fully saturated rings. The smallest absolute Gasteiger partial charge is 0.148 e. The third-order valence-electron chi connectivity index (χ3n) is 4.19. The largest absolute Gasteiger partial charge is 0.302 e. The van der Waals surface area contributed by atoms with E-state index in [-0.39, 0.29) is 5.41 Å². The van der Waals surface area contributed by atoms with Crippen molar-refractivity contribution in [2.24, 2.45) is 0 Å². The molecule has 5 heteroatoms. The topological polar surface area (TPSA) is 41.1 Å². The Bertz CT molecular complexity index is 500. The zero-order chi connectivity index (χ0) is 15.8. The Morgan fingerprint density at radius 1 is 1.14 bits per heavy atom.